The van der Waals surface area contributed by atoms with Crippen molar-refractivity contribution in [1.29, 1.82) is 0 Å². The maximum atomic E-state index is 3.80. The average Bonchev–Trinajstić information content (AvgIpc) is 2.77. The van der Waals surface area contributed by atoms with Gasteiger partial charge in [0.15, 0.2) is 0 Å². The molecule has 2 aliphatic rings. The van der Waals surface area contributed by atoms with Crippen molar-refractivity contribution in [3.05, 3.63) is 34.9 Å². The number of hydrogen-bond acceptors (Lipinski definition) is 1. The van der Waals surface area contributed by atoms with E-state index < -0.39 is 0 Å². The van der Waals surface area contributed by atoms with Gasteiger partial charge in [-0.25, -0.2) is 0 Å². The molecule has 1 aliphatic carbocycles. The molecule has 1 nitrogen and oxygen atoms in total. The van der Waals surface area contributed by atoms with Gasteiger partial charge >= 0.3 is 0 Å². The van der Waals surface area contributed by atoms with Crippen molar-refractivity contribution in [1.82, 2.24) is 5.32 Å². The number of hydrogen-bond donors (Lipinski definition) is 1. The Morgan fingerprint density at radius 1 is 1.19 bits per heavy atom. The van der Waals surface area contributed by atoms with E-state index in [1.54, 1.807) is 5.56 Å². The van der Waals surface area contributed by atoms with Crippen LogP contribution in [0.2, 0.25) is 0 Å². The Morgan fingerprint density at radius 3 is 2.75 bits per heavy atom. The van der Waals surface area contributed by atoms with Gasteiger partial charge in [-0.05, 0) is 42.4 Å². The number of benzene rings is 1. The number of fused-ring (bicyclic) bond motifs is 1. The standard InChI is InChI=1S/C15H21N/c1-2-12-5-6-13-10-15(7-3-4-8-15)16-11-14(13)9-12/h5-6,9,16H,2-4,7-8,10-11H2,1H3. The van der Waals surface area contributed by atoms with E-state index in [0.717, 1.165) is 13.0 Å². The first-order valence-corrected chi connectivity index (χ1v) is 6.67. The average molecular weight is 215 g/mol. The predicted molar refractivity (Wildman–Crippen MR) is 67.6 cm³/mol. The van der Waals surface area contributed by atoms with E-state index >= 15 is 0 Å². The highest BCUT2D eigenvalue weighted by atomic mass is 15.0. The second kappa shape index (κ2) is 3.89. The minimum atomic E-state index is 0.459. The molecule has 1 saturated carbocycles. The Kier molecular flexibility index (Phi) is 2.51. The van der Waals surface area contributed by atoms with Crippen molar-refractivity contribution in [2.75, 3.05) is 0 Å². The highest BCUT2D eigenvalue weighted by Gasteiger charge is 2.36. The summed E-state index contributed by atoms with van der Waals surface area (Å²) in [4.78, 5) is 0. The van der Waals surface area contributed by atoms with Crippen LogP contribution in [0.3, 0.4) is 0 Å². The zero-order chi connectivity index (χ0) is 11.0. The van der Waals surface area contributed by atoms with Gasteiger partial charge in [-0.3, -0.25) is 0 Å². The third-order valence-corrected chi connectivity index (χ3v) is 4.42. The number of rotatable bonds is 1. The van der Waals surface area contributed by atoms with Gasteiger partial charge in [-0.1, -0.05) is 38.0 Å². The van der Waals surface area contributed by atoms with Gasteiger partial charge in [0.05, 0.1) is 0 Å². The van der Waals surface area contributed by atoms with Crippen molar-refractivity contribution in [3.63, 3.8) is 0 Å². The molecular formula is C15H21N. The summed E-state index contributed by atoms with van der Waals surface area (Å²) in [5.74, 6) is 0. The maximum absolute atomic E-state index is 3.80. The quantitative estimate of drug-likeness (QED) is 0.758. The Labute approximate surface area is 98.3 Å². The van der Waals surface area contributed by atoms with Crippen molar-refractivity contribution >= 4 is 0 Å². The summed E-state index contributed by atoms with van der Waals surface area (Å²) in [6, 6.07) is 7.08. The van der Waals surface area contributed by atoms with Crippen molar-refractivity contribution in [3.8, 4) is 0 Å². The molecule has 1 heterocycles. The zero-order valence-electron chi connectivity index (χ0n) is 10.2. The van der Waals surface area contributed by atoms with Crippen LogP contribution in [0.15, 0.2) is 18.2 Å². The molecule has 3 rings (SSSR count). The van der Waals surface area contributed by atoms with Crippen molar-refractivity contribution in [2.45, 2.75) is 57.5 Å². The minimum Gasteiger partial charge on any atom is -0.307 e. The molecule has 0 aromatic heterocycles. The summed E-state index contributed by atoms with van der Waals surface area (Å²) in [5, 5.41) is 3.80. The first-order valence-electron chi connectivity index (χ1n) is 6.67. The van der Waals surface area contributed by atoms with E-state index in [1.807, 2.05) is 0 Å². The van der Waals surface area contributed by atoms with Crippen molar-refractivity contribution < 1.29 is 0 Å². The third kappa shape index (κ3) is 1.67. The van der Waals surface area contributed by atoms with Crippen LogP contribution in [0.5, 0.6) is 0 Å². The topological polar surface area (TPSA) is 12.0 Å². The Morgan fingerprint density at radius 2 is 2.00 bits per heavy atom. The lowest BCUT2D eigenvalue weighted by Crippen LogP contribution is -2.47. The van der Waals surface area contributed by atoms with Gasteiger partial charge in [0.1, 0.15) is 0 Å². The second-order valence-corrected chi connectivity index (χ2v) is 5.47. The second-order valence-electron chi connectivity index (χ2n) is 5.47. The molecule has 1 N–H and O–H groups in total. The highest BCUT2D eigenvalue weighted by Crippen LogP contribution is 2.36. The fourth-order valence-electron chi connectivity index (χ4n) is 3.35. The summed E-state index contributed by atoms with van der Waals surface area (Å²) in [7, 11) is 0. The summed E-state index contributed by atoms with van der Waals surface area (Å²) in [6.45, 7) is 3.32. The molecular weight excluding hydrogens is 194 g/mol. The lowest BCUT2D eigenvalue weighted by atomic mass is 9.83. The maximum Gasteiger partial charge on any atom is 0.0225 e. The van der Waals surface area contributed by atoms with E-state index in [9.17, 15) is 0 Å². The molecule has 0 bridgehead atoms. The van der Waals surface area contributed by atoms with E-state index in [2.05, 4.69) is 30.4 Å². The van der Waals surface area contributed by atoms with Crippen molar-refractivity contribution in [2.24, 2.45) is 0 Å². The molecule has 86 valence electrons. The third-order valence-electron chi connectivity index (χ3n) is 4.42. The van der Waals surface area contributed by atoms with Crippen LogP contribution in [0.1, 0.15) is 49.3 Å². The first-order chi connectivity index (χ1) is 7.81. The van der Waals surface area contributed by atoms with Crippen LogP contribution in [0.25, 0.3) is 0 Å². The van der Waals surface area contributed by atoms with E-state index in [0.29, 0.717) is 5.54 Å². The minimum absolute atomic E-state index is 0.459. The molecule has 0 amide bonds. The van der Waals surface area contributed by atoms with Crippen LogP contribution in [0.4, 0.5) is 0 Å². The van der Waals surface area contributed by atoms with Crippen LogP contribution in [-0.2, 0) is 19.4 Å². The Balaban J connectivity index is 1.89. The van der Waals surface area contributed by atoms with Gasteiger partial charge in [-0.15, -0.1) is 0 Å². The fraction of sp³-hybridized carbons (Fsp3) is 0.600. The molecule has 1 fully saturated rings. The molecule has 0 radical (unpaired) electrons. The molecule has 1 aliphatic heterocycles. The van der Waals surface area contributed by atoms with Gasteiger partial charge in [0.2, 0.25) is 0 Å². The van der Waals surface area contributed by atoms with Crippen LogP contribution < -0.4 is 5.32 Å². The molecule has 1 aromatic rings. The molecule has 0 atom stereocenters. The molecule has 0 saturated heterocycles. The SMILES string of the molecule is CCc1ccc2c(c1)CNC1(CCCC1)C2. The van der Waals surface area contributed by atoms with E-state index in [1.165, 1.54) is 43.2 Å². The predicted octanol–water partition coefficient (Wildman–Crippen LogP) is 3.21. The number of nitrogens with one attached hydrogen (secondary N) is 1. The molecule has 16 heavy (non-hydrogen) atoms. The molecule has 1 spiro atoms. The van der Waals surface area contributed by atoms with Gasteiger partial charge in [-0.2, -0.15) is 0 Å². The molecule has 1 aromatic carbocycles. The van der Waals surface area contributed by atoms with Crippen LogP contribution >= 0.6 is 0 Å². The van der Waals surface area contributed by atoms with Crippen LogP contribution in [0, 0.1) is 0 Å². The summed E-state index contributed by atoms with van der Waals surface area (Å²) in [6.07, 6.45) is 7.99. The van der Waals surface area contributed by atoms with Gasteiger partial charge < -0.3 is 5.32 Å². The summed E-state index contributed by atoms with van der Waals surface area (Å²) >= 11 is 0. The largest absolute Gasteiger partial charge is 0.307 e. The summed E-state index contributed by atoms with van der Waals surface area (Å²) in [5.41, 5.74) is 5.07. The normalized spacial score (nSPS) is 22.3. The van der Waals surface area contributed by atoms with Gasteiger partial charge in [0, 0.05) is 12.1 Å². The fourth-order valence-corrected chi connectivity index (χ4v) is 3.35. The Hall–Kier alpha value is -0.820. The monoisotopic (exact) mass is 215 g/mol. The molecule has 1 heteroatoms. The molecule has 0 unspecified atom stereocenters. The Bertz CT molecular complexity index is 388. The number of aryl methyl sites for hydroxylation is 1. The first kappa shape index (κ1) is 10.3. The van der Waals surface area contributed by atoms with E-state index in [4.69, 9.17) is 0 Å². The smallest absolute Gasteiger partial charge is 0.0225 e. The zero-order valence-corrected chi connectivity index (χ0v) is 10.2. The highest BCUT2D eigenvalue weighted by molar-refractivity contribution is 5.36. The summed E-state index contributed by atoms with van der Waals surface area (Å²) < 4.78 is 0. The van der Waals surface area contributed by atoms with Gasteiger partial charge in [0.25, 0.3) is 0 Å². The van der Waals surface area contributed by atoms with E-state index in [-0.39, 0.29) is 0 Å². The lowest BCUT2D eigenvalue weighted by molar-refractivity contribution is 0.308. The lowest BCUT2D eigenvalue weighted by Gasteiger charge is -2.36. The van der Waals surface area contributed by atoms with Crippen LogP contribution in [-0.4, -0.2) is 5.54 Å².